The number of aliphatic hydroxyl groups is 1. The standard InChI is InChI=1S/C5H7NO3S/c1-4(7)5(3-6)10(2,8)9/h7H,1-2H3/b5-4+. The van der Waals surface area contributed by atoms with Crippen LogP contribution in [0.1, 0.15) is 6.92 Å². The van der Waals surface area contributed by atoms with Crippen molar-refractivity contribution in [1.82, 2.24) is 0 Å². The Labute approximate surface area is 59.3 Å². The minimum Gasteiger partial charge on any atom is -0.510 e. The molecule has 0 aromatic rings. The normalized spacial score (nSPS) is 13.7. The zero-order valence-corrected chi connectivity index (χ0v) is 6.44. The Morgan fingerprint density at radius 1 is 1.60 bits per heavy atom. The van der Waals surface area contributed by atoms with E-state index in [0.29, 0.717) is 0 Å². The highest BCUT2D eigenvalue weighted by Gasteiger charge is 2.13. The molecule has 56 valence electrons. The van der Waals surface area contributed by atoms with Crippen LogP contribution in [-0.2, 0) is 9.84 Å². The Balaban J connectivity index is 5.20. The summed E-state index contributed by atoms with van der Waals surface area (Å²) in [5, 5.41) is 16.8. The number of sulfone groups is 1. The van der Waals surface area contributed by atoms with Crippen molar-refractivity contribution in [1.29, 1.82) is 5.26 Å². The van der Waals surface area contributed by atoms with Crippen molar-refractivity contribution in [2.24, 2.45) is 0 Å². The first-order valence-electron chi connectivity index (χ1n) is 2.39. The molecule has 0 atom stereocenters. The van der Waals surface area contributed by atoms with E-state index in [9.17, 15) is 8.42 Å². The first kappa shape index (κ1) is 8.98. The molecule has 0 spiro atoms. The topological polar surface area (TPSA) is 78.2 Å². The lowest BCUT2D eigenvalue weighted by Gasteiger charge is -1.93. The van der Waals surface area contributed by atoms with Gasteiger partial charge in [-0.25, -0.2) is 8.42 Å². The largest absolute Gasteiger partial charge is 0.510 e. The Morgan fingerprint density at radius 2 is 2.00 bits per heavy atom. The Hall–Kier alpha value is -1.02. The van der Waals surface area contributed by atoms with E-state index in [1.165, 1.54) is 6.07 Å². The van der Waals surface area contributed by atoms with E-state index in [1.807, 2.05) is 0 Å². The number of nitrogens with zero attached hydrogens (tertiary/aromatic N) is 1. The summed E-state index contributed by atoms with van der Waals surface area (Å²) in [5.74, 6) is -0.468. The molecule has 0 aromatic carbocycles. The van der Waals surface area contributed by atoms with Crippen molar-refractivity contribution in [3.05, 3.63) is 10.7 Å². The molecule has 0 rings (SSSR count). The third-order valence-electron chi connectivity index (χ3n) is 0.801. The Bertz CT molecular complexity index is 289. The fourth-order valence-corrected chi connectivity index (χ4v) is 1.13. The van der Waals surface area contributed by atoms with Crippen molar-refractivity contribution in [2.45, 2.75) is 6.92 Å². The van der Waals surface area contributed by atoms with Gasteiger partial charge >= 0.3 is 0 Å². The first-order valence-corrected chi connectivity index (χ1v) is 4.28. The molecule has 0 radical (unpaired) electrons. The smallest absolute Gasteiger partial charge is 0.188 e. The predicted octanol–water partition coefficient (Wildman–Crippen LogP) is 0.344. The van der Waals surface area contributed by atoms with Gasteiger partial charge in [0.1, 0.15) is 11.8 Å². The highest BCUT2D eigenvalue weighted by molar-refractivity contribution is 7.94. The third-order valence-corrected chi connectivity index (χ3v) is 1.93. The van der Waals surface area contributed by atoms with E-state index < -0.39 is 20.5 Å². The number of rotatable bonds is 1. The van der Waals surface area contributed by atoms with E-state index >= 15 is 0 Å². The fraction of sp³-hybridized carbons (Fsp3) is 0.400. The molecular weight excluding hydrogens is 154 g/mol. The zero-order valence-electron chi connectivity index (χ0n) is 5.62. The molecule has 4 nitrogen and oxygen atoms in total. The molecule has 0 unspecified atom stereocenters. The SMILES string of the molecule is C/C(O)=C(/C#N)S(C)(=O)=O. The molecular formula is C5H7NO3S. The summed E-state index contributed by atoms with van der Waals surface area (Å²) >= 11 is 0. The van der Waals surface area contributed by atoms with Crippen LogP contribution in [0.2, 0.25) is 0 Å². The van der Waals surface area contributed by atoms with Crippen LogP contribution in [0, 0.1) is 11.3 Å². The summed E-state index contributed by atoms with van der Waals surface area (Å²) in [5.41, 5.74) is 0. The van der Waals surface area contributed by atoms with Gasteiger partial charge in [0.05, 0.1) is 0 Å². The maximum absolute atomic E-state index is 10.6. The molecule has 1 N–H and O–H groups in total. The zero-order chi connectivity index (χ0) is 8.36. The van der Waals surface area contributed by atoms with Gasteiger partial charge in [-0.1, -0.05) is 0 Å². The molecule has 0 saturated heterocycles. The number of hydrogen-bond donors (Lipinski definition) is 1. The van der Waals surface area contributed by atoms with Crippen LogP contribution in [0.15, 0.2) is 10.7 Å². The Morgan fingerprint density at radius 3 is 2.00 bits per heavy atom. The van der Waals surface area contributed by atoms with Gasteiger partial charge in [-0.15, -0.1) is 0 Å². The van der Waals surface area contributed by atoms with E-state index in [4.69, 9.17) is 10.4 Å². The molecule has 5 heteroatoms. The molecule has 0 fully saturated rings. The van der Waals surface area contributed by atoms with Gasteiger partial charge in [0, 0.05) is 6.26 Å². The van der Waals surface area contributed by atoms with Crippen LogP contribution in [0.5, 0.6) is 0 Å². The molecule has 0 saturated carbocycles. The average Bonchev–Trinajstić information content (AvgIpc) is 1.60. The van der Waals surface area contributed by atoms with E-state index in [0.717, 1.165) is 13.2 Å². The molecule has 0 aliphatic carbocycles. The van der Waals surface area contributed by atoms with Gasteiger partial charge in [-0.3, -0.25) is 0 Å². The molecule has 0 aliphatic heterocycles. The number of hydrogen-bond acceptors (Lipinski definition) is 4. The van der Waals surface area contributed by atoms with Crippen molar-refractivity contribution in [2.75, 3.05) is 6.26 Å². The lowest BCUT2D eigenvalue weighted by Crippen LogP contribution is -2.01. The monoisotopic (exact) mass is 161 g/mol. The highest BCUT2D eigenvalue weighted by Crippen LogP contribution is 2.06. The van der Waals surface area contributed by atoms with Gasteiger partial charge in [-0.2, -0.15) is 5.26 Å². The molecule has 0 amide bonds. The lowest BCUT2D eigenvalue weighted by atomic mass is 10.5. The first-order chi connectivity index (χ1) is 4.39. The summed E-state index contributed by atoms with van der Waals surface area (Å²) in [7, 11) is -3.55. The summed E-state index contributed by atoms with van der Waals surface area (Å²) in [6, 6.07) is 1.38. The van der Waals surface area contributed by atoms with Crippen LogP contribution in [0.3, 0.4) is 0 Å². The summed E-state index contributed by atoms with van der Waals surface area (Å²) in [6.07, 6.45) is 0.866. The van der Waals surface area contributed by atoms with Crippen molar-refractivity contribution in [3.8, 4) is 6.07 Å². The second kappa shape index (κ2) is 2.71. The minimum atomic E-state index is -3.55. The van der Waals surface area contributed by atoms with Gasteiger partial charge in [0.2, 0.25) is 0 Å². The van der Waals surface area contributed by atoms with Gasteiger partial charge in [0.25, 0.3) is 0 Å². The van der Waals surface area contributed by atoms with E-state index in [-0.39, 0.29) is 0 Å². The van der Waals surface area contributed by atoms with Crippen LogP contribution in [0.4, 0.5) is 0 Å². The van der Waals surface area contributed by atoms with Gasteiger partial charge in [0.15, 0.2) is 14.7 Å². The third kappa shape index (κ3) is 2.07. The van der Waals surface area contributed by atoms with Crippen LogP contribution in [-0.4, -0.2) is 19.8 Å². The summed E-state index contributed by atoms with van der Waals surface area (Å²) in [6.45, 7) is 1.15. The van der Waals surface area contributed by atoms with Gasteiger partial charge in [-0.05, 0) is 6.92 Å². The predicted molar refractivity (Wildman–Crippen MR) is 35.8 cm³/mol. The fourth-order valence-electron chi connectivity index (χ4n) is 0.432. The quantitative estimate of drug-likeness (QED) is 0.444. The summed E-state index contributed by atoms with van der Waals surface area (Å²) in [4.78, 5) is -0.576. The van der Waals surface area contributed by atoms with Crippen molar-refractivity contribution >= 4 is 9.84 Å². The van der Waals surface area contributed by atoms with E-state index in [2.05, 4.69) is 0 Å². The van der Waals surface area contributed by atoms with E-state index in [1.54, 1.807) is 0 Å². The van der Waals surface area contributed by atoms with Gasteiger partial charge < -0.3 is 5.11 Å². The second-order valence-electron chi connectivity index (χ2n) is 1.80. The maximum atomic E-state index is 10.6. The van der Waals surface area contributed by atoms with Crippen LogP contribution in [0.25, 0.3) is 0 Å². The number of aliphatic hydroxyl groups excluding tert-OH is 1. The molecule has 0 bridgehead atoms. The molecule has 0 aromatic heterocycles. The van der Waals surface area contributed by atoms with Crippen molar-refractivity contribution in [3.63, 3.8) is 0 Å². The molecule has 10 heavy (non-hydrogen) atoms. The Kier molecular flexibility index (Phi) is 2.43. The number of allylic oxidation sites excluding steroid dienone is 2. The molecule has 0 aliphatic rings. The average molecular weight is 161 g/mol. The summed E-state index contributed by atoms with van der Waals surface area (Å²) < 4.78 is 21.1. The maximum Gasteiger partial charge on any atom is 0.188 e. The van der Waals surface area contributed by atoms with Crippen LogP contribution < -0.4 is 0 Å². The highest BCUT2D eigenvalue weighted by atomic mass is 32.2. The van der Waals surface area contributed by atoms with Crippen molar-refractivity contribution < 1.29 is 13.5 Å². The minimum absolute atomic E-state index is 0.468. The second-order valence-corrected chi connectivity index (χ2v) is 3.75. The molecule has 0 heterocycles. The lowest BCUT2D eigenvalue weighted by molar-refractivity contribution is 0.412. The van der Waals surface area contributed by atoms with Crippen LogP contribution >= 0.6 is 0 Å². The number of nitriles is 1.